The van der Waals surface area contributed by atoms with Gasteiger partial charge in [-0.25, -0.2) is 0 Å². The number of nitrogens with zero attached hydrogens (tertiary/aromatic N) is 4. The van der Waals surface area contributed by atoms with Crippen LogP contribution in [0.4, 0.5) is 68.2 Å². The van der Waals surface area contributed by atoms with Gasteiger partial charge in [-0.3, -0.25) is 0 Å². The second-order valence-corrected chi connectivity index (χ2v) is 32.8. The van der Waals surface area contributed by atoms with Crippen molar-refractivity contribution in [3.05, 3.63) is 425 Å². The maximum atomic E-state index is 2.71. The van der Waals surface area contributed by atoms with Gasteiger partial charge in [-0.05, 0) is 242 Å². The molecule has 26 rings (SSSR count). The normalized spacial score (nSPS) is 13.1. The molecule has 0 fully saturated rings. The molecular weight excluding hydrogens is 1450 g/mol. The lowest BCUT2D eigenvalue weighted by molar-refractivity contribution is 1.24. The summed E-state index contributed by atoms with van der Waals surface area (Å²) in [6.45, 7) is -0.525. The van der Waals surface area contributed by atoms with Gasteiger partial charge in [0.25, 0.3) is 13.4 Å². The first kappa shape index (κ1) is 66.8. The van der Waals surface area contributed by atoms with Crippen molar-refractivity contribution in [3.63, 3.8) is 0 Å². The number of benzene rings is 22. The smallest absolute Gasteiger partial charge is 0.252 e. The van der Waals surface area contributed by atoms with Crippen LogP contribution in [0, 0.1) is 0 Å². The molecule has 22 aromatic rings. The molecule has 0 saturated heterocycles. The van der Waals surface area contributed by atoms with Crippen molar-refractivity contribution in [2.45, 2.75) is 0 Å². The van der Waals surface area contributed by atoms with Gasteiger partial charge in [0.15, 0.2) is 0 Å². The lowest BCUT2D eigenvalue weighted by Gasteiger charge is -2.48. The van der Waals surface area contributed by atoms with Crippen LogP contribution in [-0.4, -0.2) is 13.4 Å². The zero-order valence-corrected chi connectivity index (χ0v) is 65.4. The van der Waals surface area contributed by atoms with Crippen molar-refractivity contribution in [3.8, 4) is 44.5 Å². The Balaban J connectivity index is 0.813. The molecule has 0 saturated carbocycles. The highest BCUT2D eigenvalue weighted by Gasteiger charge is 2.49. The van der Waals surface area contributed by atoms with E-state index in [2.05, 4.69) is 444 Å². The highest BCUT2D eigenvalue weighted by atomic mass is 15.2. The van der Waals surface area contributed by atoms with Crippen molar-refractivity contribution in [1.82, 2.24) is 0 Å². The first-order valence-corrected chi connectivity index (χ1v) is 41.8. The number of para-hydroxylation sites is 3. The fourth-order valence-electron chi connectivity index (χ4n) is 21.6. The summed E-state index contributed by atoms with van der Waals surface area (Å²) in [4.78, 5) is 10.7. The van der Waals surface area contributed by atoms with Gasteiger partial charge in [-0.1, -0.05) is 346 Å². The van der Waals surface area contributed by atoms with Crippen LogP contribution in [0.25, 0.3) is 141 Å². The topological polar surface area (TPSA) is 13.0 Å². The molecule has 552 valence electrons. The second-order valence-electron chi connectivity index (χ2n) is 32.8. The van der Waals surface area contributed by atoms with E-state index in [1.54, 1.807) is 0 Å². The molecule has 0 unspecified atom stereocenters. The zero-order valence-electron chi connectivity index (χ0n) is 65.4. The van der Waals surface area contributed by atoms with Crippen LogP contribution >= 0.6 is 0 Å². The number of rotatable bonds is 8. The van der Waals surface area contributed by atoms with Crippen LogP contribution in [0.1, 0.15) is 0 Å². The molecule has 0 aromatic heterocycles. The molecule has 0 amide bonds. The van der Waals surface area contributed by atoms with Gasteiger partial charge in [0.2, 0.25) is 0 Å². The average molecular weight is 1520 g/mol. The van der Waals surface area contributed by atoms with Gasteiger partial charge in [0, 0.05) is 73.7 Å². The molecule has 4 aliphatic rings. The quantitative estimate of drug-likeness (QED) is 0.111. The SMILES string of the molecule is c1ccc(-c2cc3c4c(c2)N(c2ccc5c6ccccc6c6ccccc6c5c2)c2cc5c(cc2B4c2ccccc2N3c2ccc3c4ccccc4c4ccccc4c3c2)B2c3ccccc3N(c3c(-c4ccccc4)cccc3-c3ccccc3)c3cc(-c4ccccc4)cc(c32)N5c2ccc3c4ccccc4c4ccccc4c3c2)cc1. The minimum absolute atomic E-state index is 0.254. The highest BCUT2D eigenvalue weighted by Crippen LogP contribution is 2.55. The molecule has 120 heavy (non-hydrogen) atoms. The van der Waals surface area contributed by atoms with E-state index >= 15 is 0 Å². The van der Waals surface area contributed by atoms with Gasteiger partial charge in [0.05, 0.1) is 5.69 Å². The highest BCUT2D eigenvalue weighted by molar-refractivity contribution is 7.03. The minimum atomic E-state index is -0.271. The number of hydrogen-bond acceptors (Lipinski definition) is 4. The summed E-state index contributed by atoms with van der Waals surface area (Å²) in [6.07, 6.45) is 0. The van der Waals surface area contributed by atoms with Crippen LogP contribution in [0.15, 0.2) is 425 Å². The average Bonchev–Trinajstić information content (AvgIpc) is 0.677. The predicted molar refractivity (Wildman–Crippen MR) is 514 cm³/mol. The summed E-state index contributed by atoms with van der Waals surface area (Å²) in [7, 11) is 0. The van der Waals surface area contributed by atoms with Gasteiger partial charge < -0.3 is 19.6 Å². The Morgan fingerprint density at radius 2 is 0.400 bits per heavy atom. The largest absolute Gasteiger partial charge is 0.311 e. The van der Waals surface area contributed by atoms with Crippen LogP contribution in [-0.2, 0) is 0 Å². The van der Waals surface area contributed by atoms with Crippen molar-refractivity contribution in [2.75, 3.05) is 19.6 Å². The third kappa shape index (κ3) is 9.73. The Labute approximate surface area is 695 Å². The third-order valence-corrected chi connectivity index (χ3v) is 26.7. The Kier molecular flexibility index (Phi) is 14.5. The molecule has 0 bridgehead atoms. The number of anilines is 12. The minimum Gasteiger partial charge on any atom is -0.311 e. The van der Waals surface area contributed by atoms with Crippen molar-refractivity contribution in [2.24, 2.45) is 0 Å². The van der Waals surface area contributed by atoms with E-state index in [9.17, 15) is 0 Å². The molecule has 4 heterocycles. The monoisotopic (exact) mass is 1520 g/mol. The third-order valence-electron chi connectivity index (χ3n) is 26.7. The van der Waals surface area contributed by atoms with Crippen LogP contribution in [0.2, 0.25) is 0 Å². The molecule has 0 atom stereocenters. The van der Waals surface area contributed by atoms with Crippen molar-refractivity contribution < 1.29 is 0 Å². The summed E-state index contributed by atoms with van der Waals surface area (Å²) in [5, 5.41) is 22.2. The Bertz CT molecular complexity index is 7990. The lowest BCUT2D eigenvalue weighted by Crippen LogP contribution is -2.65. The van der Waals surface area contributed by atoms with Crippen LogP contribution < -0.4 is 52.4 Å². The van der Waals surface area contributed by atoms with E-state index in [-0.39, 0.29) is 13.4 Å². The molecule has 22 aromatic carbocycles. The van der Waals surface area contributed by atoms with E-state index in [1.165, 1.54) is 130 Å². The summed E-state index contributed by atoms with van der Waals surface area (Å²) < 4.78 is 0. The predicted octanol–water partition coefficient (Wildman–Crippen LogP) is 26.9. The fourth-order valence-corrected chi connectivity index (χ4v) is 21.6. The van der Waals surface area contributed by atoms with Crippen molar-refractivity contribution >= 4 is 211 Å². The maximum absolute atomic E-state index is 2.71. The van der Waals surface area contributed by atoms with Gasteiger partial charge in [-0.15, -0.1) is 0 Å². The maximum Gasteiger partial charge on any atom is 0.252 e. The Morgan fingerprint density at radius 1 is 0.142 bits per heavy atom. The summed E-state index contributed by atoms with van der Waals surface area (Å²) in [6, 6.07) is 162. The van der Waals surface area contributed by atoms with Gasteiger partial charge >= 0.3 is 0 Å². The molecule has 0 spiro atoms. The summed E-state index contributed by atoms with van der Waals surface area (Å²) in [5.74, 6) is 0. The lowest BCUT2D eigenvalue weighted by atomic mass is 9.30. The molecule has 0 radical (unpaired) electrons. The number of hydrogen-bond donors (Lipinski definition) is 0. The Hall–Kier alpha value is -15.5. The Morgan fingerprint density at radius 3 is 0.733 bits per heavy atom. The van der Waals surface area contributed by atoms with E-state index < -0.39 is 0 Å². The first-order chi connectivity index (χ1) is 59.6. The molecular formula is C114H70B2N4. The van der Waals surface area contributed by atoms with Gasteiger partial charge in [0.1, 0.15) is 0 Å². The number of fused-ring (bicyclic) bond motifs is 26. The standard InChI is InChI=1S/C114H70B2N4/c1-5-30-71(31-6-1)75-62-108-112-109(63-75)118(78-57-60-95-89-45-17-14-39-83(89)86-42-20-23-48-92(86)98(95)67-78)106-70-107-103(69-102(106)115(112)100-52-25-27-54-104(100)117(108)77-56-59-94-88-44-16-13-38-82(88)85-41-19-22-47-91(85)97(94)66-77)116-101-53-26-28-55-105(101)120(114-80(73-34-9-3-10-35-73)50-29-51-81(114)74-36-11-4-12-37-74)111-65-76(72-32-7-2-8-33-72)64-110(113(111)116)119(107)79-58-61-96-90-46-18-15-40-84(90)87-43-21-24-49-93(87)99(96)68-79/h1-70H. The van der Waals surface area contributed by atoms with E-state index in [4.69, 9.17) is 0 Å². The molecule has 4 nitrogen and oxygen atoms in total. The zero-order chi connectivity index (χ0) is 78.4. The van der Waals surface area contributed by atoms with Gasteiger partial charge in [-0.2, -0.15) is 0 Å². The first-order valence-electron chi connectivity index (χ1n) is 41.8. The van der Waals surface area contributed by atoms with E-state index in [0.29, 0.717) is 0 Å². The summed E-state index contributed by atoms with van der Waals surface area (Å²) >= 11 is 0. The molecule has 6 heteroatoms. The summed E-state index contributed by atoms with van der Waals surface area (Å²) in [5.41, 5.74) is 30.0. The second kappa shape index (κ2) is 26.0. The van der Waals surface area contributed by atoms with Crippen LogP contribution in [0.3, 0.4) is 0 Å². The van der Waals surface area contributed by atoms with E-state index in [1.807, 2.05) is 0 Å². The van der Waals surface area contributed by atoms with Crippen LogP contribution in [0.5, 0.6) is 0 Å². The van der Waals surface area contributed by atoms with E-state index in [0.717, 1.165) is 113 Å². The van der Waals surface area contributed by atoms with Crippen molar-refractivity contribution in [1.29, 1.82) is 0 Å². The molecule has 0 aliphatic carbocycles. The molecule has 0 N–H and O–H groups in total. The molecule has 4 aliphatic heterocycles. The fraction of sp³-hybridized carbons (Fsp3) is 0.